The number of aromatic nitrogens is 2. The molecule has 6 heteroatoms. The Morgan fingerprint density at radius 3 is 2.95 bits per heavy atom. The Hall–Kier alpha value is -1.79. The molecular weight excluding hydrogens is 255 g/mol. The van der Waals surface area contributed by atoms with Crippen LogP contribution in [0.1, 0.15) is 19.2 Å². The third-order valence-electron chi connectivity index (χ3n) is 3.03. The Morgan fingerprint density at radius 2 is 2.20 bits per heavy atom. The highest BCUT2D eigenvalue weighted by atomic mass is 16.5. The number of nitrogens with zero attached hydrogens (tertiary/aromatic N) is 2. The molecule has 0 bridgehead atoms. The van der Waals surface area contributed by atoms with Gasteiger partial charge in [0.05, 0.1) is 6.54 Å². The van der Waals surface area contributed by atoms with Crippen LogP contribution in [0.25, 0.3) is 0 Å². The first-order valence-corrected chi connectivity index (χ1v) is 6.79. The molecule has 2 rings (SSSR count). The average molecular weight is 274 g/mol. The van der Waals surface area contributed by atoms with Crippen LogP contribution in [0, 0.1) is 0 Å². The van der Waals surface area contributed by atoms with Crippen molar-refractivity contribution in [3.05, 3.63) is 42.5 Å². The Balaban J connectivity index is 1.89. The Morgan fingerprint density at radius 1 is 1.35 bits per heavy atom. The van der Waals surface area contributed by atoms with Crippen LogP contribution in [0.3, 0.4) is 0 Å². The van der Waals surface area contributed by atoms with E-state index in [0.29, 0.717) is 17.8 Å². The molecule has 0 radical (unpaired) electrons. The number of ether oxygens (including phenoxy) is 1. The molecule has 0 aliphatic carbocycles. The summed E-state index contributed by atoms with van der Waals surface area (Å²) in [4.78, 5) is 4.31. The molecule has 1 aromatic heterocycles. The van der Waals surface area contributed by atoms with E-state index >= 15 is 0 Å². The van der Waals surface area contributed by atoms with Gasteiger partial charge in [-0.25, -0.2) is 4.98 Å². The zero-order valence-electron chi connectivity index (χ0n) is 11.6. The summed E-state index contributed by atoms with van der Waals surface area (Å²) >= 11 is 0. The summed E-state index contributed by atoms with van der Waals surface area (Å²) in [6, 6.07) is 6.81. The fourth-order valence-electron chi connectivity index (χ4n) is 2.02. The smallest absolute Gasteiger partial charge is 0.488 e. The summed E-state index contributed by atoms with van der Waals surface area (Å²) in [7, 11) is -1.47. The number of imidazole rings is 1. The van der Waals surface area contributed by atoms with Gasteiger partial charge in [0.2, 0.25) is 0 Å². The lowest BCUT2D eigenvalue weighted by atomic mass is 9.80. The minimum absolute atomic E-state index is 0.428. The summed E-state index contributed by atoms with van der Waals surface area (Å²) in [6.07, 6.45) is 5.77. The third-order valence-corrected chi connectivity index (χ3v) is 3.03. The molecule has 2 N–H and O–H groups in total. The lowest BCUT2D eigenvalue weighted by Gasteiger charge is -2.10. The van der Waals surface area contributed by atoms with E-state index in [2.05, 4.69) is 16.5 Å². The van der Waals surface area contributed by atoms with E-state index in [1.165, 1.54) is 0 Å². The van der Waals surface area contributed by atoms with Crippen molar-refractivity contribution in [2.45, 2.75) is 26.3 Å². The zero-order valence-corrected chi connectivity index (χ0v) is 11.6. The molecule has 20 heavy (non-hydrogen) atoms. The summed E-state index contributed by atoms with van der Waals surface area (Å²) in [5.74, 6) is 1.70. The van der Waals surface area contributed by atoms with Crippen LogP contribution >= 0.6 is 0 Å². The van der Waals surface area contributed by atoms with Crippen molar-refractivity contribution in [3.63, 3.8) is 0 Å². The van der Waals surface area contributed by atoms with Crippen molar-refractivity contribution in [1.29, 1.82) is 0 Å². The normalized spacial score (nSPS) is 10.6. The van der Waals surface area contributed by atoms with E-state index in [1.807, 2.05) is 6.20 Å². The third kappa shape index (κ3) is 3.85. The first-order chi connectivity index (χ1) is 9.70. The van der Waals surface area contributed by atoms with Crippen molar-refractivity contribution < 1.29 is 14.8 Å². The highest BCUT2D eigenvalue weighted by Crippen LogP contribution is 2.08. The van der Waals surface area contributed by atoms with Gasteiger partial charge in [-0.05, 0) is 24.0 Å². The number of hydrogen-bond acceptors (Lipinski definition) is 4. The zero-order chi connectivity index (χ0) is 14.4. The topological polar surface area (TPSA) is 67.5 Å². The standard InChI is InChI=1S/C14H19BN2O3/c1-2-4-14-16-7-8-17(14)9-10-20-13-6-3-5-12(11-13)15(18)19/h3,5-8,11,18-19H,2,4,9-10H2,1H3. The molecule has 106 valence electrons. The highest BCUT2D eigenvalue weighted by molar-refractivity contribution is 6.58. The lowest BCUT2D eigenvalue weighted by Crippen LogP contribution is -2.29. The molecule has 1 aromatic carbocycles. The van der Waals surface area contributed by atoms with Crippen molar-refractivity contribution in [3.8, 4) is 5.75 Å². The second kappa shape index (κ2) is 7.12. The number of aryl methyl sites for hydroxylation is 1. The average Bonchev–Trinajstić information content (AvgIpc) is 2.87. The first kappa shape index (κ1) is 14.6. The minimum atomic E-state index is -1.47. The predicted octanol–water partition coefficient (Wildman–Crippen LogP) is 0.594. The van der Waals surface area contributed by atoms with Crippen LogP contribution in [0.2, 0.25) is 0 Å². The fraction of sp³-hybridized carbons (Fsp3) is 0.357. The minimum Gasteiger partial charge on any atom is -0.492 e. The van der Waals surface area contributed by atoms with E-state index < -0.39 is 7.12 Å². The number of hydrogen-bond donors (Lipinski definition) is 2. The SMILES string of the molecule is CCCc1nccn1CCOc1cccc(B(O)O)c1. The molecule has 0 spiro atoms. The summed E-state index contributed by atoms with van der Waals surface area (Å²) < 4.78 is 7.71. The predicted molar refractivity (Wildman–Crippen MR) is 78.0 cm³/mol. The van der Waals surface area contributed by atoms with Crippen LogP contribution in [0.5, 0.6) is 5.75 Å². The van der Waals surface area contributed by atoms with Crippen LogP contribution in [0.15, 0.2) is 36.7 Å². The maximum atomic E-state index is 9.11. The van der Waals surface area contributed by atoms with Crippen LogP contribution in [-0.4, -0.2) is 33.3 Å². The maximum absolute atomic E-state index is 9.11. The van der Waals surface area contributed by atoms with Gasteiger partial charge < -0.3 is 19.4 Å². The highest BCUT2D eigenvalue weighted by Gasteiger charge is 2.11. The van der Waals surface area contributed by atoms with E-state index in [-0.39, 0.29) is 0 Å². The Labute approximate surface area is 119 Å². The molecule has 0 fully saturated rings. The number of benzene rings is 1. The van der Waals surface area contributed by atoms with Gasteiger partial charge in [-0.2, -0.15) is 0 Å². The molecular formula is C14H19BN2O3. The molecule has 2 aromatic rings. The van der Waals surface area contributed by atoms with Gasteiger partial charge >= 0.3 is 7.12 Å². The Kier molecular flexibility index (Phi) is 5.20. The van der Waals surface area contributed by atoms with E-state index in [9.17, 15) is 0 Å². The largest absolute Gasteiger partial charge is 0.492 e. The van der Waals surface area contributed by atoms with E-state index in [1.54, 1.807) is 30.5 Å². The Bertz CT molecular complexity index is 543. The van der Waals surface area contributed by atoms with Gasteiger partial charge in [0, 0.05) is 18.8 Å². The summed E-state index contributed by atoms with van der Waals surface area (Å²) in [5.41, 5.74) is 0.428. The monoisotopic (exact) mass is 274 g/mol. The molecule has 0 saturated heterocycles. The van der Waals surface area contributed by atoms with E-state index in [0.717, 1.165) is 25.2 Å². The van der Waals surface area contributed by atoms with Gasteiger partial charge in [0.15, 0.2) is 0 Å². The second-order valence-electron chi connectivity index (χ2n) is 4.58. The van der Waals surface area contributed by atoms with Gasteiger partial charge in [0.1, 0.15) is 18.2 Å². The van der Waals surface area contributed by atoms with Crippen molar-refractivity contribution in [2.24, 2.45) is 0 Å². The molecule has 0 saturated carbocycles. The van der Waals surface area contributed by atoms with Crippen molar-refractivity contribution in [1.82, 2.24) is 9.55 Å². The maximum Gasteiger partial charge on any atom is 0.488 e. The van der Waals surface area contributed by atoms with Gasteiger partial charge in [-0.3, -0.25) is 0 Å². The van der Waals surface area contributed by atoms with Gasteiger partial charge in [0.25, 0.3) is 0 Å². The summed E-state index contributed by atoms with van der Waals surface area (Å²) in [6.45, 7) is 3.36. The molecule has 0 unspecified atom stereocenters. The van der Waals surface area contributed by atoms with Crippen LogP contribution < -0.4 is 10.2 Å². The quantitative estimate of drug-likeness (QED) is 0.725. The second-order valence-corrected chi connectivity index (χ2v) is 4.58. The molecule has 0 aliphatic heterocycles. The summed E-state index contributed by atoms with van der Waals surface area (Å²) in [5, 5.41) is 18.2. The molecule has 0 amide bonds. The van der Waals surface area contributed by atoms with Crippen molar-refractivity contribution >= 4 is 12.6 Å². The molecule has 0 aliphatic rings. The lowest BCUT2D eigenvalue weighted by molar-refractivity contribution is 0.296. The van der Waals surface area contributed by atoms with Gasteiger partial charge in [-0.1, -0.05) is 19.1 Å². The van der Waals surface area contributed by atoms with Crippen molar-refractivity contribution in [2.75, 3.05) is 6.61 Å². The van der Waals surface area contributed by atoms with Crippen LogP contribution in [0.4, 0.5) is 0 Å². The first-order valence-electron chi connectivity index (χ1n) is 6.79. The fourth-order valence-corrected chi connectivity index (χ4v) is 2.02. The molecule has 5 nitrogen and oxygen atoms in total. The van der Waals surface area contributed by atoms with E-state index in [4.69, 9.17) is 14.8 Å². The van der Waals surface area contributed by atoms with Crippen LogP contribution in [-0.2, 0) is 13.0 Å². The molecule has 1 heterocycles. The van der Waals surface area contributed by atoms with Gasteiger partial charge in [-0.15, -0.1) is 0 Å². The molecule has 0 atom stereocenters. The number of rotatable bonds is 7.